The molecule has 5 N–H and O–H groups in total. The number of alkyl carbamates (subject to hydrolysis) is 1. The average molecular weight is 452 g/mol. The summed E-state index contributed by atoms with van der Waals surface area (Å²) in [6, 6.07) is 10.9. The number of methoxy groups -OCH3 is 1. The summed E-state index contributed by atoms with van der Waals surface area (Å²) in [6.45, 7) is 0.124. The van der Waals surface area contributed by atoms with E-state index < -0.39 is 34.2 Å². The van der Waals surface area contributed by atoms with Crippen LogP contribution in [0, 0.1) is 0 Å². The molecule has 0 aliphatic carbocycles. The molecule has 2 amide bonds. The van der Waals surface area contributed by atoms with E-state index in [-0.39, 0.29) is 24.7 Å². The fourth-order valence-electron chi connectivity index (χ4n) is 2.49. The number of hydrogen-bond donors (Lipinski definition) is 3. The number of hydrogen-bond acceptors (Lipinski definition) is 8. The lowest BCUT2D eigenvalue weighted by Crippen LogP contribution is -2.47. The number of nitrogens with zero attached hydrogens (tertiary/aromatic N) is 1. The zero-order valence-electron chi connectivity index (χ0n) is 16.8. The number of ether oxygens (including phenoxy) is 3. The number of primary sulfonamides is 1. The molecule has 2 atom stereocenters. The van der Waals surface area contributed by atoms with Gasteiger partial charge in [-0.3, -0.25) is 9.78 Å². The molecular formula is C19H24N4O7S. The Morgan fingerprint density at radius 2 is 1.87 bits per heavy atom. The van der Waals surface area contributed by atoms with E-state index in [2.05, 4.69) is 10.3 Å². The third-order valence-corrected chi connectivity index (χ3v) is 5.03. The standard InChI is InChI=1S/C19H24N4O7S/c1-28-16(12-29-11-14-4-2-3-9-22-14)17(18(20)24)30-19(25)23-10-13-5-7-15(8-6-13)31(21,26)27/h2-9,16-17H,10-12H2,1H3,(H2,20,24)(H,23,25)(H2,21,26,27). The molecule has 11 nitrogen and oxygen atoms in total. The van der Waals surface area contributed by atoms with Crippen molar-refractivity contribution in [2.24, 2.45) is 10.9 Å². The highest BCUT2D eigenvalue weighted by molar-refractivity contribution is 7.89. The summed E-state index contributed by atoms with van der Waals surface area (Å²) >= 11 is 0. The molecule has 0 spiro atoms. The Hall–Kier alpha value is -3.06. The van der Waals surface area contributed by atoms with Crippen molar-refractivity contribution in [1.82, 2.24) is 10.3 Å². The van der Waals surface area contributed by atoms with Crippen LogP contribution in [0.5, 0.6) is 0 Å². The molecule has 0 fully saturated rings. The fourth-order valence-corrected chi connectivity index (χ4v) is 3.00. The second-order valence-electron chi connectivity index (χ2n) is 6.38. The highest BCUT2D eigenvalue weighted by Gasteiger charge is 2.31. The van der Waals surface area contributed by atoms with Gasteiger partial charge in [0.05, 0.1) is 23.8 Å². The fraction of sp³-hybridized carbons (Fsp3) is 0.316. The van der Waals surface area contributed by atoms with Gasteiger partial charge >= 0.3 is 6.09 Å². The normalized spacial score (nSPS) is 13.2. The first-order chi connectivity index (χ1) is 14.7. The first-order valence-corrected chi connectivity index (χ1v) is 10.6. The average Bonchev–Trinajstić information content (AvgIpc) is 2.74. The van der Waals surface area contributed by atoms with Crippen LogP contribution in [0.4, 0.5) is 4.79 Å². The van der Waals surface area contributed by atoms with Crippen LogP contribution in [0.25, 0.3) is 0 Å². The number of rotatable bonds is 11. The largest absolute Gasteiger partial charge is 0.433 e. The Labute approximate surface area is 179 Å². The monoisotopic (exact) mass is 452 g/mol. The summed E-state index contributed by atoms with van der Waals surface area (Å²) in [7, 11) is -2.48. The number of sulfonamides is 1. The Bertz CT molecular complexity index is 969. The van der Waals surface area contributed by atoms with Gasteiger partial charge in [-0.1, -0.05) is 18.2 Å². The zero-order chi connectivity index (χ0) is 22.9. The molecule has 0 bridgehead atoms. The number of carbonyl (C=O) groups is 2. The lowest BCUT2D eigenvalue weighted by atomic mass is 10.2. The molecule has 0 saturated heterocycles. The molecule has 2 unspecified atom stereocenters. The molecule has 168 valence electrons. The van der Waals surface area contributed by atoms with Crippen molar-refractivity contribution in [3.8, 4) is 0 Å². The predicted molar refractivity (Wildman–Crippen MR) is 109 cm³/mol. The molecule has 0 aliphatic rings. The van der Waals surface area contributed by atoms with Gasteiger partial charge in [0.15, 0.2) is 0 Å². The van der Waals surface area contributed by atoms with Gasteiger partial charge in [-0.05, 0) is 29.8 Å². The van der Waals surface area contributed by atoms with E-state index in [9.17, 15) is 18.0 Å². The Morgan fingerprint density at radius 3 is 2.42 bits per heavy atom. The summed E-state index contributed by atoms with van der Waals surface area (Å²) in [6.07, 6.45) is -1.61. The third kappa shape index (κ3) is 7.94. The smallest absolute Gasteiger partial charge is 0.408 e. The van der Waals surface area contributed by atoms with Crippen molar-refractivity contribution < 1.29 is 32.2 Å². The number of benzene rings is 1. The first-order valence-electron chi connectivity index (χ1n) is 9.06. The molecule has 1 heterocycles. The van der Waals surface area contributed by atoms with E-state index in [0.717, 1.165) is 0 Å². The van der Waals surface area contributed by atoms with E-state index in [0.29, 0.717) is 11.3 Å². The van der Waals surface area contributed by atoms with Gasteiger partial charge in [0.1, 0.15) is 6.10 Å². The molecule has 2 rings (SSSR count). The van der Waals surface area contributed by atoms with Crippen LogP contribution in [0.15, 0.2) is 53.6 Å². The highest BCUT2D eigenvalue weighted by atomic mass is 32.2. The van der Waals surface area contributed by atoms with Crippen molar-refractivity contribution in [2.75, 3.05) is 13.7 Å². The molecule has 1 aromatic carbocycles. The molecule has 31 heavy (non-hydrogen) atoms. The van der Waals surface area contributed by atoms with E-state index in [1.54, 1.807) is 18.3 Å². The number of primary amides is 1. The number of amides is 2. The lowest BCUT2D eigenvalue weighted by Gasteiger charge is -2.23. The maximum Gasteiger partial charge on any atom is 0.408 e. The zero-order valence-corrected chi connectivity index (χ0v) is 17.6. The van der Waals surface area contributed by atoms with Crippen LogP contribution in [0.1, 0.15) is 11.3 Å². The van der Waals surface area contributed by atoms with Gasteiger partial charge in [-0.25, -0.2) is 18.4 Å². The van der Waals surface area contributed by atoms with Crippen LogP contribution in [-0.2, 0) is 42.2 Å². The van der Waals surface area contributed by atoms with Crippen molar-refractivity contribution in [1.29, 1.82) is 0 Å². The van der Waals surface area contributed by atoms with Crippen LogP contribution < -0.4 is 16.2 Å². The second-order valence-corrected chi connectivity index (χ2v) is 7.94. The van der Waals surface area contributed by atoms with E-state index in [1.807, 2.05) is 6.07 Å². The quantitative estimate of drug-likeness (QED) is 0.428. The minimum absolute atomic E-state index is 0.0169. The van der Waals surface area contributed by atoms with Crippen LogP contribution in [0.2, 0.25) is 0 Å². The Balaban J connectivity index is 1.88. The van der Waals surface area contributed by atoms with E-state index in [4.69, 9.17) is 25.1 Å². The van der Waals surface area contributed by atoms with Crippen LogP contribution >= 0.6 is 0 Å². The van der Waals surface area contributed by atoms with Crippen molar-refractivity contribution in [2.45, 2.75) is 30.3 Å². The number of nitrogens with two attached hydrogens (primary N) is 2. The number of pyridine rings is 1. The number of nitrogens with one attached hydrogen (secondary N) is 1. The van der Waals surface area contributed by atoms with Gasteiger partial charge in [0, 0.05) is 19.9 Å². The molecule has 1 aromatic heterocycles. The maximum atomic E-state index is 12.1. The SMILES string of the molecule is COC(COCc1ccccn1)C(OC(=O)NCc1ccc(S(N)(=O)=O)cc1)C(N)=O. The van der Waals surface area contributed by atoms with Crippen molar-refractivity contribution >= 4 is 22.0 Å². The molecule has 0 aliphatic heterocycles. The summed E-state index contributed by atoms with van der Waals surface area (Å²) in [5.41, 5.74) is 6.61. The summed E-state index contributed by atoms with van der Waals surface area (Å²) < 4.78 is 38.3. The van der Waals surface area contributed by atoms with Crippen LogP contribution in [0.3, 0.4) is 0 Å². The van der Waals surface area contributed by atoms with E-state index >= 15 is 0 Å². The topological polar surface area (TPSA) is 173 Å². The molecule has 12 heteroatoms. The Kier molecular flexibility index (Phi) is 8.88. The van der Waals surface area contributed by atoms with Gasteiger partial charge in [0.2, 0.25) is 16.1 Å². The van der Waals surface area contributed by atoms with E-state index in [1.165, 1.54) is 31.4 Å². The number of aromatic nitrogens is 1. The van der Waals surface area contributed by atoms with Gasteiger partial charge in [0.25, 0.3) is 5.91 Å². The minimum Gasteiger partial charge on any atom is -0.433 e. The summed E-state index contributed by atoms with van der Waals surface area (Å²) in [5, 5.41) is 7.48. The van der Waals surface area contributed by atoms with Gasteiger partial charge < -0.3 is 25.3 Å². The summed E-state index contributed by atoms with van der Waals surface area (Å²) in [4.78, 5) is 27.9. The third-order valence-electron chi connectivity index (χ3n) is 4.10. The molecular weight excluding hydrogens is 428 g/mol. The number of carbonyl (C=O) groups excluding carboxylic acids is 2. The molecule has 0 saturated carbocycles. The first kappa shape index (κ1) is 24.2. The Morgan fingerprint density at radius 1 is 1.16 bits per heavy atom. The van der Waals surface area contributed by atoms with Crippen molar-refractivity contribution in [3.05, 3.63) is 59.9 Å². The predicted octanol–water partition coefficient (Wildman–Crippen LogP) is 0.0409. The highest BCUT2D eigenvalue weighted by Crippen LogP contribution is 2.10. The van der Waals surface area contributed by atoms with Crippen molar-refractivity contribution in [3.63, 3.8) is 0 Å². The minimum atomic E-state index is -3.81. The molecule has 2 aromatic rings. The second kappa shape index (κ2) is 11.4. The maximum absolute atomic E-state index is 12.1. The lowest BCUT2D eigenvalue weighted by molar-refractivity contribution is -0.137. The summed E-state index contributed by atoms with van der Waals surface area (Å²) in [5.74, 6) is -0.902. The molecule has 0 radical (unpaired) electrons. The van der Waals surface area contributed by atoms with Crippen LogP contribution in [-0.4, -0.2) is 51.3 Å². The van der Waals surface area contributed by atoms with Gasteiger partial charge in [-0.15, -0.1) is 0 Å². The van der Waals surface area contributed by atoms with Gasteiger partial charge in [-0.2, -0.15) is 0 Å².